The number of piperidine rings is 1. The molecule has 2 amide bonds. The third-order valence-corrected chi connectivity index (χ3v) is 3.76. The first kappa shape index (κ1) is 18.1. The van der Waals surface area contributed by atoms with Crippen molar-refractivity contribution >= 4 is 17.8 Å². The van der Waals surface area contributed by atoms with Crippen LogP contribution in [-0.4, -0.2) is 35.8 Å². The first-order valence-corrected chi connectivity index (χ1v) is 7.82. The third-order valence-electron chi connectivity index (χ3n) is 3.76. The molecule has 122 valence electrons. The lowest BCUT2D eigenvalue weighted by Crippen LogP contribution is -2.37. The van der Waals surface area contributed by atoms with Crippen LogP contribution in [0.2, 0.25) is 0 Å². The molecule has 0 aromatic carbocycles. The fraction of sp³-hybridized carbons (Fsp3) is 0.588. The minimum atomic E-state index is -0.562. The monoisotopic (exact) mass is 307 g/mol. The number of allylic oxidation sites excluding steroid dienone is 1. The van der Waals surface area contributed by atoms with E-state index in [-0.39, 0.29) is 25.0 Å². The first-order chi connectivity index (χ1) is 10.5. The highest BCUT2D eigenvalue weighted by Crippen LogP contribution is 2.54. The van der Waals surface area contributed by atoms with Gasteiger partial charge in [-0.1, -0.05) is 32.1 Å². The van der Waals surface area contributed by atoms with E-state index in [1.165, 1.54) is 4.90 Å². The molecular weight excluding hydrogens is 282 g/mol. The van der Waals surface area contributed by atoms with Crippen LogP contribution in [0.3, 0.4) is 0 Å². The van der Waals surface area contributed by atoms with E-state index >= 15 is 0 Å². The van der Waals surface area contributed by atoms with Gasteiger partial charge in [0, 0.05) is 6.54 Å². The molecule has 2 fully saturated rings. The number of esters is 1. The van der Waals surface area contributed by atoms with Gasteiger partial charge in [0.2, 0.25) is 11.8 Å². The van der Waals surface area contributed by atoms with Gasteiger partial charge in [0.05, 0.1) is 24.4 Å². The second kappa shape index (κ2) is 7.92. The predicted molar refractivity (Wildman–Crippen MR) is 83.7 cm³/mol. The van der Waals surface area contributed by atoms with E-state index in [0.29, 0.717) is 6.42 Å². The number of rotatable bonds is 7. The zero-order chi connectivity index (χ0) is 16.9. The van der Waals surface area contributed by atoms with Gasteiger partial charge in [-0.3, -0.25) is 19.3 Å². The van der Waals surface area contributed by atoms with E-state index < -0.39 is 23.7 Å². The van der Waals surface area contributed by atoms with Crippen LogP contribution in [-0.2, 0) is 19.1 Å². The van der Waals surface area contributed by atoms with Crippen LogP contribution in [0, 0.1) is 17.8 Å². The summed E-state index contributed by atoms with van der Waals surface area (Å²) in [6, 6.07) is 0. The van der Waals surface area contributed by atoms with Gasteiger partial charge in [-0.25, -0.2) is 0 Å². The second-order valence-electron chi connectivity index (χ2n) is 5.17. The Kier molecular flexibility index (Phi) is 6.53. The maximum absolute atomic E-state index is 12.1. The average Bonchev–Trinajstić information content (AvgIpc) is 3.21. The first-order valence-electron chi connectivity index (χ1n) is 7.82. The van der Waals surface area contributed by atoms with Gasteiger partial charge < -0.3 is 4.74 Å². The topological polar surface area (TPSA) is 63.7 Å². The zero-order valence-corrected chi connectivity index (χ0v) is 13.6. The highest BCUT2D eigenvalue weighted by molar-refractivity contribution is 6.13. The van der Waals surface area contributed by atoms with Crippen molar-refractivity contribution in [1.29, 1.82) is 0 Å². The van der Waals surface area contributed by atoms with E-state index in [1.807, 2.05) is 13.8 Å². The molecule has 5 nitrogen and oxygen atoms in total. The predicted octanol–water partition coefficient (Wildman–Crippen LogP) is 2.33. The van der Waals surface area contributed by atoms with Crippen molar-refractivity contribution in [3.8, 4) is 0 Å². The molecular formula is C17H25NO4. The van der Waals surface area contributed by atoms with Gasteiger partial charge >= 0.3 is 5.97 Å². The summed E-state index contributed by atoms with van der Waals surface area (Å²) in [6.07, 6.45) is 3.25. The molecule has 0 bridgehead atoms. The Balaban J connectivity index is 0.00000116. The van der Waals surface area contributed by atoms with E-state index in [0.717, 1.165) is 12.0 Å². The summed E-state index contributed by atoms with van der Waals surface area (Å²) in [6.45, 7) is 13.7. The van der Waals surface area contributed by atoms with Crippen molar-refractivity contribution in [3.63, 3.8) is 0 Å². The standard InChI is InChI=1S/C15H19NO4.C2H6/c1-4-6-7-9(3)8-16-13(17)10-11(14(16)18)12(10)15(19)20-5-2;1-2/h4,10-12H,1,3,5-8H2,2H3;1-2H3. The van der Waals surface area contributed by atoms with Gasteiger partial charge in [0.1, 0.15) is 0 Å². The fourth-order valence-electron chi connectivity index (χ4n) is 2.69. The summed E-state index contributed by atoms with van der Waals surface area (Å²) in [7, 11) is 0. The van der Waals surface area contributed by atoms with Gasteiger partial charge in [-0.05, 0) is 19.8 Å². The molecule has 0 N–H and O–H groups in total. The number of hydrogen-bond donors (Lipinski definition) is 0. The maximum atomic E-state index is 12.1. The summed E-state index contributed by atoms with van der Waals surface area (Å²) >= 11 is 0. The molecule has 1 aliphatic heterocycles. The summed E-state index contributed by atoms with van der Waals surface area (Å²) in [5, 5.41) is 0. The Bertz CT molecular complexity index is 461. The van der Waals surface area contributed by atoms with Gasteiger partial charge in [-0.2, -0.15) is 0 Å². The Labute approximate surface area is 132 Å². The average molecular weight is 307 g/mol. The molecule has 5 heteroatoms. The van der Waals surface area contributed by atoms with Gasteiger partial charge in [-0.15, -0.1) is 6.58 Å². The molecule has 0 aromatic heterocycles. The Morgan fingerprint density at radius 1 is 1.27 bits per heavy atom. The molecule has 1 saturated carbocycles. The lowest BCUT2D eigenvalue weighted by atomic mass is 10.1. The smallest absolute Gasteiger partial charge is 0.310 e. The minimum absolute atomic E-state index is 0.244. The third kappa shape index (κ3) is 3.46. The van der Waals surface area contributed by atoms with Crippen LogP contribution in [0.1, 0.15) is 33.6 Å². The molecule has 1 aliphatic carbocycles. The highest BCUT2D eigenvalue weighted by atomic mass is 16.5. The molecule has 1 heterocycles. The number of amides is 2. The van der Waals surface area contributed by atoms with Crippen molar-refractivity contribution in [1.82, 2.24) is 4.90 Å². The Morgan fingerprint density at radius 2 is 1.82 bits per heavy atom. The van der Waals surface area contributed by atoms with Crippen molar-refractivity contribution in [3.05, 3.63) is 24.8 Å². The fourth-order valence-corrected chi connectivity index (χ4v) is 2.69. The van der Waals surface area contributed by atoms with E-state index in [9.17, 15) is 14.4 Å². The van der Waals surface area contributed by atoms with Crippen molar-refractivity contribution in [2.24, 2.45) is 17.8 Å². The number of ether oxygens (including phenoxy) is 1. The molecule has 2 atom stereocenters. The van der Waals surface area contributed by atoms with Gasteiger partial charge in [0.25, 0.3) is 0 Å². The number of carbonyl (C=O) groups excluding carboxylic acids is 3. The van der Waals surface area contributed by atoms with Crippen LogP contribution in [0.15, 0.2) is 24.8 Å². The molecule has 2 unspecified atom stereocenters. The van der Waals surface area contributed by atoms with Crippen molar-refractivity contribution < 1.29 is 19.1 Å². The summed E-state index contributed by atoms with van der Waals surface area (Å²) in [5.41, 5.74) is 0.820. The van der Waals surface area contributed by atoms with E-state index in [4.69, 9.17) is 4.74 Å². The zero-order valence-electron chi connectivity index (χ0n) is 13.6. The Hall–Kier alpha value is -1.91. The van der Waals surface area contributed by atoms with E-state index in [2.05, 4.69) is 13.2 Å². The normalized spacial score (nSPS) is 25.0. The summed E-state index contributed by atoms with van der Waals surface area (Å²) < 4.78 is 4.88. The maximum Gasteiger partial charge on any atom is 0.310 e. The number of imide groups is 1. The number of hydrogen-bond acceptors (Lipinski definition) is 4. The van der Waals surface area contributed by atoms with Crippen LogP contribution in [0.4, 0.5) is 0 Å². The summed E-state index contributed by atoms with van der Waals surface area (Å²) in [5.74, 6) is -2.54. The molecule has 2 aliphatic rings. The summed E-state index contributed by atoms with van der Waals surface area (Å²) in [4.78, 5) is 37.1. The molecule has 22 heavy (non-hydrogen) atoms. The van der Waals surface area contributed by atoms with E-state index in [1.54, 1.807) is 13.0 Å². The second-order valence-corrected chi connectivity index (χ2v) is 5.17. The molecule has 0 spiro atoms. The SMILES string of the molecule is C=CCCC(=C)CN1C(=O)C2C(C(=O)OCC)C2C1=O.CC. The lowest BCUT2D eigenvalue weighted by Gasteiger charge is -2.19. The quantitative estimate of drug-likeness (QED) is 0.411. The molecule has 0 aromatic rings. The number of nitrogens with zero attached hydrogens (tertiary/aromatic N) is 1. The van der Waals surface area contributed by atoms with Crippen LogP contribution in [0.25, 0.3) is 0 Å². The number of fused-ring (bicyclic) bond motifs is 1. The van der Waals surface area contributed by atoms with Crippen LogP contribution >= 0.6 is 0 Å². The molecule has 0 radical (unpaired) electrons. The molecule has 1 saturated heterocycles. The highest BCUT2D eigenvalue weighted by Gasteiger charge is 2.70. The lowest BCUT2D eigenvalue weighted by molar-refractivity contribution is -0.151. The Morgan fingerprint density at radius 3 is 2.27 bits per heavy atom. The minimum Gasteiger partial charge on any atom is -0.466 e. The molecule has 2 rings (SSSR count). The largest absolute Gasteiger partial charge is 0.466 e. The number of carbonyl (C=O) groups is 3. The van der Waals surface area contributed by atoms with Gasteiger partial charge in [0.15, 0.2) is 0 Å². The van der Waals surface area contributed by atoms with Crippen LogP contribution in [0.5, 0.6) is 0 Å². The van der Waals surface area contributed by atoms with Crippen LogP contribution < -0.4 is 0 Å². The number of likely N-dealkylation sites (tertiary alicyclic amines) is 1. The van der Waals surface area contributed by atoms with Crippen molar-refractivity contribution in [2.75, 3.05) is 13.2 Å². The van der Waals surface area contributed by atoms with Crippen molar-refractivity contribution in [2.45, 2.75) is 33.6 Å².